The van der Waals surface area contributed by atoms with Crippen LogP contribution in [0.25, 0.3) is 6.08 Å². The van der Waals surface area contributed by atoms with E-state index in [1.165, 1.54) is 11.3 Å². The van der Waals surface area contributed by atoms with Crippen LogP contribution in [0.2, 0.25) is 0 Å². The van der Waals surface area contributed by atoms with Gasteiger partial charge in [0.2, 0.25) is 0 Å². The molecule has 4 rings (SSSR count). The van der Waals surface area contributed by atoms with Gasteiger partial charge in [0.05, 0.1) is 45.7 Å². The summed E-state index contributed by atoms with van der Waals surface area (Å²) < 4.78 is 26.1. The van der Waals surface area contributed by atoms with Gasteiger partial charge in [0.25, 0.3) is 5.56 Å². The summed E-state index contributed by atoms with van der Waals surface area (Å²) in [7, 11) is 0. The van der Waals surface area contributed by atoms with E-state index >= 15 is 0 Å². The lowest BCUT2D eigenvalue weighted by Gasteiger charge is -2.26. The van der Waals surface area contributed by atoms with Crippen molar-refractivity contribution in [1.82, 2.24) is 4.57 Å². The first kappa shape index (κ1) is 30.6. The standard InChI is InChI=1S/C31H35BrN2O6S/c1-8-37-24-15-20(14-22(32)28(24)40-18(5)6)16-25-29(35)34-27(21-12-10-11-13-23(21)39-17(3)4)26(30(36)38-9-2)19(7)33-31(34)41-25/h10-18,27H,8-9H2,1-7H3/b25-16-/t27-/m1/s1. The highest BCUT2D eigenvalue weighted by molar-refractivity contribution is 9.10. The molecule has 218 valence electrons. The van der Waals surface area contributed by atoms with Crippen LogP contribution in [0, 0.1) is 0 Å². The van der Waals surface area contributed by atoms with E-state index in [1.54, 1.807) is 24.5 Å². The van der Waals surface area contributed by atoms with Crippen molar-refractivity contribution in [2.75, 3.05) is 13.2 Å². The van der Waals surface area contributed by atoms with Gasteiger partial charge >= 0.3 is 5.97 Å². The number of carbonyl (C=O) groups excluding carboxylic acids is 1. The Hall–Kier alpha value is -3.37. The molecule has 0 saturated carbocycles. The van der Waals surface area contributed by atoms with Crippen molar-refractivity contribution in [3.8, 4) is 17.2 Å². The third-order valence-corrected chi connectivity index (χ3v) is 7.65. The van der Waals surface area contributed by atoms with Gasteiger partial charge < -0.3 is 18.9 Å². The van der Waals surface area contributed by atoms with Gasteiger partial charge in [-0.25, -0.2) is 9.79 Å². The maximum absolute atomic E-state index is 14.1. The van der Waals surface area contributed by atoms with Gasteiger partial charge in [0.15, 0.2) is 16.3 Å². The number of carbonyl (C=O) groups is 1. The lowest BCUT2D eigenvalue weighted by molar-refractivity contribution is -0.139. The number of nitrogens with zero attached hydrogens (tertiary/aromatic N) is 2. The maximum Gasteiger partial charge on any atom is 0.338 e. The fraction of sp³-hybridized carbons (Fsp3) is 0.387. The molecule has 0 spiro atoms. The van der Waals surface area contributed by atoms with E-state index in [2.05, 4.69) is 20.9 Å². The molecule has 0 fully saturated rings. The van der Waals surface area contributed by atoms with Gasteiger partial charge in [-0.3, -0.25) is 9.36 Å². The smallest absolute Gasteiger partial charge is 0.338 e. The molecule has 41 heavy (non-hydrogen) atoms. The van der Waals surface area contributed by atoms with E-state index in [1.807, 2.05) is 71.0 Å². The lowest BCUT2D eigenvalue weighted by Crippen LogP contribution is -2.40. The Morgan fingerprint density at radius 2 is 1.78 bits per heavy atom. The second-order valence-electron chi connectivity index (χ2n) is 9.94. The average Bonchev–Trinajstić information content (AvgIpc) is 3.19. The van der Waals surface area contributed by atoms with Gasteiger partial charge in [0.1, 0.15) is 11.8 Å². The molecule has 1 aliphatic rings. The van der Waals surface area contributed by atoms with Crippen LogP contribution in [0.3, 0.4) is 0 Å². The predicted molar refractivity (Wildman–Crippen MR) is 164 cm³/mol. The number of hydrogen-bond acceptors (Lipinski definition) is 8. The van der Waals surface area contributed by atoms with Crippen molar-refractivity contribution in [2.45, 2.75) is 66.7 Å². The Morgan fingerprint density at radius 1 is 1.07 bits per heavy atom. The molecular weight excluding hydrogens is 608 g/mol. The second kappa shape index (κ2) is 13.1. The minimum Gasteiger partial charge on any atom is -0.491 e. The molecule has 0 N–H and O–H groups in total. The zero-order chi connectivity index (χ0) is 29.8. The predicted octanol–water partition coefficient (Wildman–Crippen LogP) is 5.53. The summed E-state index contributed by atoms with van der Waals surface area (Å²) in [5.74, 6) is 1.26. The Morgan fingerprint density at radius 3 is 2.44 bits per heavy atom. The first-order chi connectivity index (χ1) is 19.5. The number of ether oxygens (including phenoxy) is 4. The van der Waals surface area contributed by atoms with E-state index in [0.29, 0.717) is 54.5 Å². The fourth-order valence-corrected chi connectivity index (χ4v) is 6.19. The zero-order valence-electron chi connectivity index (χ0n) is 24.3. The number of halogens is 1. The molecule has 8 nitrogen and oxygen atoms in total. The number of fused-ring (bicyclic) bond motifs is 1. The van der Waals surface area contributed by atoms with Crippen LogP contribution < -0.4 is 29.1 Å². The van der Waals surface area contributed by atoms with Crippen molar-refractivity contribution in [2.24, 2.45) is 4.99 Å². The molecule has 1 atom stereocenters. The van der Waals surface area contributed by atoms with Gasteiger partial charge in [-0.2, -0.15) is 0 Å². The Kier molecular flexibility index (Phi) is 9.76. The normalized spacial score (nSPS) is 15.2. The highest BCUT2D eigenvalue weighted by Gasteiger charge is 2.35. The summed E-state index contributed by atoms with van der Waals surface area (Å²) in [4.78, 5) is 32.5. The van der Waals surface area contributed by atoms with E-state index in [9.17, 15) is 9.59 Å². The van der Waals surface area contributed by atoms with Crippen LogP contribution in [-0.4, -0.2) is 36.0 Å². The molecule has 2 heterocycles. The van der Waals surface area contributed by atoms with E-state index < -0.39 is 12.0 Å². The number of rotatable bonds is 10. The first-order valence-corrected chi connectivity index (χ1v) is 15.2. The van der Waals surface area contributed by atoms with Crippen LogP contribution in [0.5, 0.6) is 17.2 Å². The van der Waals surface area contributed by atoms with Gasteiger partial charge in [-0.1, -0.05) is 29.5 Å². The van der Waals surface area contributed by atoms with Crippen molar-refractivity contribution in [3.05, 3.63) is 83.0 Å². The molecule has 10 heteroatoms. The minimum absolute atomic E-state index is 0.0422. The molecular formula is C31H35BrN2O6S. The first-order valence-electron chi connectivity index (χ1n) is 13.6. The minimum atomic E-state index is -0.769. The molecule has 3 aromatic rings. The molecule has 1 aliphatic heterocycles. The number of thiazole rings is 1. The number of para-hydroxylation sites is 1. The summed E-state index contributed by atoms with van der Waals surface area (Å²) in [6.07, 6.45) is 1.65. The van der Waals surface area contributed by atoms with Crippen LogP contribution in [0.4, 0.5) is 0 Å². The summed E-state index contributed by atoms with van der Waals surface area (Å²) in [5.41, 5.74) is 1.97. The van der Waals surface area contributed by atoms with Gasteiger partial charge in [-0.15, -0.1) is 0 Å². The molecule has 2 aromatic carbocycles. The lowest BCUT2D eigenvalue weighted by atomic mass is 9.95. The van der Waals surface area contributed by atoms with Crippen LogP contribution >= 0.6 is 27.3 Å². The summed E-state index contributed by atoms with van der Waals surface area (Å²) in [6.45, 7) is 13.8. The summed E-state index contributed by atoms with van der Waals surface area (Å²) in [5, 5.41) is 0. The fourth-order valence-electron chi connectivity index (χ4n) is 4.59. The van der Waals surface area contributed by atoms with Crippen LogP contribution in [0.1, 0.15) is 65.6 Å². The Labute approximate surface area is 252 Å². The van der Waals surface area contributed by atoms with Crippen molar-refractivity contribution >= 4 is 39.3 Å². The van der Waals surface area contributed by atoms with Crippen LogP contribution in [-0.2, 0) is 9.53 Å². The Bertz CT molecular complexity index is 1650. The average molecular weight is 644 g/mol. The molecule has 0 aliphatic carbocycles. The zero-order valence-corrected chi connectivity index (χ0v) is 26.7. The number of aromatic nitrogens is 1. The number of esters is 1. The SMILES string of the molecule is CCOC(=O)C1=C(C)N=c2s/c(=C\c3cc(Br)c(OC(C)C)c(OCC)c3)c(=O)n2[C@@H]1c1ccccc1OC(C)C. The largest absolute Gasteiger partial charge is 0.491 e. The van der Waals surface area contributed by atoms with Crippen molar-refractivity contribution in [3.63, 3.8) is 0 Å². The summed E-state index contributed by atoms with van der Waals surface area (Å²) >= 11 is 4.86. The van der Waals surface area contributed by atoms with E-state index in [4.69, 9.17) is 18.9 Å². The molecule has 0 unspecified atom stereocenters. The molecule has 0 amide bonds. The van der Waals surface area contributed by atoms with E-state index in [-0.39, 0.29) is 24.4 Å². The maximum atomic E-state index is 14.1. The highest BCUT2D eigenvalue weighted by Crippen LogP contribution is 2.38. The second-order valence-corrected chi connectivity index (χ2v) is 11.8. The van der Waals surface area contributed by atoms with Gasteiger partial charge in [0, 0.05) is 5.56 Å². The number of benzene rings is 2. The third kappa shape index (κ3) is 6.59. The molecule has 0 saturated heterocycles. The number of hydrogen-bond donors (Lipinski definition) is 0. The molecule has 0 radical (unpaired) electrons. The highest BCUT2D eigenvalue weighted by atomic mass is 79.9. The van der Waals surface area contributed by atoms with E-state index in [0.717, 1.165) is 5.56 Å². The monoisotopic (exact) mass is 642 g/mol. The molecule has 0 bridgehead atoms. The Balaban J connectivity index is 1.94. The number of allylic oxidation sites excluding steroid dienone is 1. The third-order valence-electron chi connectivity index (χ3n) is 6.08. The summed E-state index contributed by atoms with van der Waals surface area (Å²) in [6, 6.07) is 10.4. The quantitative estimate of drug-likeness (QED) is 0.270. The van der Waals surface area contributed by atoms with Gasteiger partial charge in [-0.05, 0) is 94.2 Å². The molecule has 1 aromatic heterocycles. The van der Waals surface area contributed by atoms with Crippen molar-refractivity contribution in [1.29, 1.82) is 0 Å². The topological polar surface area (TPSA) is 88.4 Å². The van der Waals surface area contributed by atoms with Crippen LogP contribution in [0.15, 0.2) is 61.9 Å². The van der Waals surface area contributed by atoms with Crippen molar-refractivity contribution < 1.29 is 23.7 Å².